The number of benzene rings is 1. The van der Waals surface area contributed by atoms with Gasteiger partial charge >= 0.3 is 18.0 Å². The molecular weight excluding hydrogens is 375 g/mol. The van der Waals surface area contributed by atoms with Gasteiger partial charge in [0.1, 0.15) is 5.75 Å². The Morgan fingerprint density at radius 3 is 2.08 bits per heavy atom. The number of halogens is 7. The summed E-state index contributed by atoms with van der Waals surface area (Å²) >= 11 is 0. The van der Waals surface area contributed by atoms with E-state index in [0.717, 1.165) is 6.92 Å². The standard InChI is InChI=1S/C15H14F7NO3/c1-8(11(24)9-5-4-6-10(7-9)26-3)23(2)12(25)13(16,17)14(18,19)15(20,21)22/h4-8H,1-3H3. The number of carbonyl (C=O) groups excluding carboxylic acids is 2. The lowest BCUT2D eigenvalue weighted by Gasteiger charge is -2.32. The van der Waals surface area contributed by atoms with Crippen molar-refractivity contribution in [3.05, 3.63) is 29.8 Å². The molecule has 1 atom stereocenters. The number of likely N-dealkylation sites (N-methyl/N-ethyl adjacent to an activating group) is 1. The first-order valence-corrected chi connectivity index (χ1v) is 6.96. The van der Waals surface area contributed by atoms with E-state index < -0.39 is 35.8 Å². The van der Waals surface area contributed by atoms with Crippen LogP contribution in [0, 0.1) is 0 Å². The number of hydrogen-bond acceptors (Lipinski definition) is 3. The maximum Gasteiger partial charge on any atom is 0.460 e. The van der Waals surface area contributed by atoms with Gasteiger partial charge in [0.25, 0.3) is 5.91 Å². The van der Waals surface area contributed by atoms with Crippen molar-refractivity contribution in [1.82, 2.24) is 4.90 Å². The van der Waals surface area contributed by atoms with Crippen molar-refractivity contribution in [3.8, 4) is 5.75 Å². The molecule has 1 unspecified atom stereocenters. The average Bonchev–Trinajstić information content (AvgIpc) is 2.57. The first kappa shape index (κ1) is 21.7. The minimum Gasteiger partial charge on any atom is -0.497 e. The molecule has 0 saturated heterocycles. The summed E-state index contributed by atoms with van der Waals surface area (Å²) in [6, 6.07) is 3.52. The Morgan fingerprint density at radius 2 is 1.62 bits per heavy atom. The molecule has 146 valence electrons. The minimum absolute atomic E-state index is 0.109. The fraction of sp³-hybridized carbons (Fsp3) is 0.467. The van der Waals surface area contributed by atoms with Crippen LogP contribution < -0.4 is 4.74 Å². The molecule has 11 heteroatoms. The molecule has 1 aromatic rings. The highest BCUT2D eigenvalue weighted by atomic mass is 19.4. The molecule has 0 N–H and O–H groups in total. The van der Waals surface area contributed by atoms with Crippen LogP contribution in [0.2, 0.25) is 0 Å². The predicted octanol–water partition coefficient (Wildman–Crippen LogP) is 3.56. The van der Waals surface area contributed by atoms with E-state index in [9.17, 15) is 40.3 Å². The smallest absolute Gasteiger partial charge is 0.460 e. The highest BCUT2D eigenvalue weighted by Gasteiger charge is 2.76. The van der Waals surface area contributed by atoms with E-state index >= 15 is 0 Å². The third kappa shape index (κ3) is 3.75. The van der Waals surface area contributed by atoms with Crippen LogP contribution in [0.3, 0.4) is 0 Å². The summed E-state index contributed by atoms with van der Waals surface area (Å²) in [6.07, 6.45) is -6.65. The number of hydrogen-bond donors (Lipinski definition) is 0. The number of amides is 1. The van der Waals surface area contributed by atoms with E-state index in [1.54, 1.807) is 0 Å². The van der Waals surface area contributed by atoms with E-state index in [4.69, 9.17) is 4.74 Å². The molecule has 0 spiro atoms. The second kappa shape index (κ2) is 7.12. The SMILES string of the molecule is COc1cccc(C(=O)C(C)N(C)C(=O)C(F)(F)C(F)(F)C(F)(F)F)c1. The molecule has 0 bridgehead atoms. The van der Waals surface area contributed by atoms with Crippen LogP contribution in [0.1, 0.15) is 17.3 Å². The normalized spacial score (nSPS) is 13.9. The Bertz CT molecular complexity index is 688. The summed E-state index contributed by atoms with van der Waals surface area (Å²) < 4.78 is 94.3. The van der Waals surface area contributed by atoms with Crippen LogP contribution in [-0.2, 0) is 4.79 Å². The topological polar surface area (TPSA) is 46.6 Å². The fourth-order valence-corrected chi connectivity index (χ4v) is 1.90. The van der Waals surface area contributed by atoms with Gasteiger partial charge in [0, 0.05) is 12.6 Å². The molecule has 4 nitrogen and oxygen atoms in total. The van der Waals surface area contributed by atoms with Gasteiger partial charge in [0.05, 0.1) is 13.2 Å². The summed E-state index contributed by atoms with van der Waals surface area (Å²) in [5, 5.41) is 0. The quantitative estimate of drug-likeness (QED) is 0.552. The van der Waals surface area contributed by atoms with Gasteiger partial charge in [-0.05, 0) is 19.1 Å². The second-order valence-corrected chi connectivity index (χ2v) is 5.33. The van der Waals surface area contributed by atoms with Crippen molar-refractivity contribution in [3.63, 3.8) is 0 Å². The number of carbonyl (C=O) groups is 2. The predicted molar refractivity (Wildman–Crippen MR) is 75.5 cm³/mol. The molecule has 26 heavy (non-hydrogen) atoms. The summed E-state index contributed by atoms with van der Waals surface area (Å²) in [4.78, 5) is 23.7. The molecule has 1 amide bonds. The molecule has 0 aromatic heterocycles. The Morgan fingerprint density at radius 1 is 1.08 bits per heavy atom. The Balaban J connectivity index is 3.11. The molecule has 0 aliphatic heterocycles. The number of rotatable bonds is 6. The number of Topliss-reactive ketones (excluding diaryl/α,β-unsaturated/α-hetero) is 1. The van der Waals surface area contributed by atoms with Crippen molar-refractivity contribution < 1.29 is 45.1 Å². The summed E-state index contributed by atoms with van der Waals surface area (Å²) in [6.45, 7) is 0.918. The van der Waals surface area contributed by atoms with Crippen LogP contribution in [0.25, 0.3) is 0 Å². The fourth-order valence-electron chi connectivity index (χ4n) is 1.90. The third-order valence-electron chi connectivity index (χ3n) is 3.65. The monoisotopic (exact) mass is 389 g/mol. The highest BCUT2D eigenvalue weighted by molar-refractivity contribution is 6.02. The van der Waals surface area contributed by atoms with Crippen LogP contribution in [-0.4, -0.2) is 54.8 Å². The minimum atomic E-state index is -6.65. The molecule has 0 radical (unpaired) electrons. The lowest BCUT2D eigenvalue weighted by Crippen LogP contribution is -2.61. The average molecular weight is 389 g/mol. The maximum atomic E-state index is 13.5. The summed E-state index contributed by atoms with van der Waals surface area (Å²) in [5.74, 6) is -16.2. The van der Waals surface area contributed by atoms with E-state index in [1.165, 1.54) is 31.4 Å². The summed E-state index contributed by atoms with van der Waals surface area (Å²) in [5.41, 5.74) is -0.109. The molecule has 0 saturated carbocycles. The van der Waals surface area contributed by atoms with Gasteiger partial charge in [-0.15, -0.1) is 0 Å². The highest BCUT2D eigenvalue weighted by Crippen LogP contribution is 2.47. The summed E-state index contributed by atoms with van der Waals surface area (Å²) in [7, 11) is 1.81. The second-order valence-electron chi connectivity index (χ2n) is 5.33. The van der Waals surface area contributed by atoms with E-state index in [-0.39, 0.29) is 16.2 Å². The van der Waals surface area contributed by atoms with Crippen molar-refractivity contribution >= 4 is 11.7 Å². The van der Waals surface area contributed by atoms with Gasteiger partial charge in [-0.1, -0.05) is 12.1 Å². The third-order valence-corrected chi connectivity index (χ3v) is 3.65. The zero-order valence-electron chi connectivity index (χ0n) is 13.7. The van der Waals surface area contributed by atoms with E-state index in [0.29, 0.717) is 7.05 Å². The number of methoxy groups -OCH3 is 1. The first-order valence-electron chi connectivity index (χ1n) is 6.96. The Hall–Kier alpha value is -2.33. The Kier molecular flexibility index (Phi) is 5.95. The molecule has 0 aliphatic carbocycles. The largest absolute Gasteiger partial charge is 0.497 e. The lowest BCUT2D eigenvalue weighted by atomic mass is 10.0. The number of alkyl halides is 7. The van der Waals surface area contributed by atoms with Crippen molar-refractivity contribution in [2.24, 2.45) is 0 Å². The zero-order chi connectivity index (χ0) is 20.5. The van der Waals surface area contributed by atoms with Gasteiger partial charge in [0.2, 0.25) is 0 Å². The zero-order valence-corrected chi connectivity index (χ0v) is 13.7. The van der Waals surface area contributed by atoms with Crippen molar-refractivity contribution in [1.29, 1.82) is 0 Å². The van der Waals surface area contributed by atoms with Crippen LogP contribution in [0.4, 0.5) is 30.7 Å². The van der Waals surface area contributed by atoms with Gasteiger partial charge in [0.15, 0.2) is 5.78 Å². The molecule has 0 heterocycles. The van der Waals surface area contributed by atoms with Crippen LogP contribution in [0.5, 0.6) is 5.75 Å². The lowest BCUT2D eigenvalue weighted by molar-refractivity contribution is -0.345. The molecule has 0 aliphatic rings. The van der Waals surface area contributed by atoms with Crippen molar-refractivity contribution in [2.75, 3.05) is 14.2 Å². The van der Waals surface area contributed by atoms with Crippen molar-refractivity contribution in [2.45, 2.75) is 31.0 Å². The molecule has 0 fully saturated rings. The molecule has 1 aromatic carbocycles. The van der Waals surface area contributed by atoms with Gasteiger partial charge in [-0.3, -0.25) is 9.59 Å². The van der Waals surface area contributed by atoms with Gasteiger partial charge in [-0.25, -0.2) is 0 Å². The van der Waals surface area contributed by atoms with E-state index in [2.05, 4.69) is 0 Å². The van der Waals surface area contributed by atoms with Gasteiger partial charge in [-0.2, -0.15) is 30.7 Å². The number of nitrogens with zero attached hydrogens (tertiary/aromatic N) is 1. The van der Waals surface area contributed by atoms with Crippen LogP contribution in [0.15, 0.2) is 24.3 Å². The maximum absolute atomic E-state index is 13.5. The molecular formula is C15H14F7NO3. The number of ketones is 1. The van der Waals surface area contributed by atoms with E-state index in [1.807, 2.05) is 0 Å². The first-order chi connectivity index (χ1) is 11.7. The van der Waals surface area contributed by atoms with Gasteiger partial charge < -0.3 is 9.64 Å². The Labute approximate surface area is 143 Å². The number of ether oxygens (including phenoxy) is 1. The molecule has 1 rings (SSSR count). The van der Waals surface area contributed by atoms with Crippen LogP contribution >= 0.6 is 0 Å².